The Bertz CT molecular complexity index is 1100. The lowest BCUT2D eigenvalue weighted by Gasteiger charge is -2.26. The Morgan fingerprint density at radius 3 is 2.71 bits per heavy atom. The van der Waals surface area contributed by atoms with Crippen LogP contribution < -0.4 is 5.32 Å². The average molecular weight is 488 g/mol. The number of hydrogen-bond acceptors (Lipinski definition) is 6. The van der Waals surface area contributed by atoms with Gasteiger partial charge in [-0.05, 0) is 41.5 Å². The number of benzene rings is 2. The molecule has 10 heteroatoms. The van der Waals surface area contributed by atoms with Gasteiger partial charge in [0, 0.05) is 31.7 Å². The van der Waals surface area contributed by atoms with Crippen LogP contribution in [0.4, 0.5) is 13.6 Å². The number of carbonyl (C=O) groups is 2. The van der Waals surface area contributed by atoms with E-state index in [1.807, 2.05) is 0 Å². The van der Waals surface area contributed by atoms with Crippen LogP contribution >= 0.6 is 0 Å². The molecule has 0 saturated carbocycles. The summed E-state index contributed by atoms with van der Waals surface area (Å²) >= 11 is 0. The molecular weight excluding hydrogens is 460 g/mol. The van der Waals surface area contributed by atoms with Gasteiger partial charge < -0.3 is 29.7 Å². The van der Waals surface area contributed by atoms with Crippen molar-refractivity contribution in [3.63, 3.8) is 0 Å². The van der Waals surface area contributed by atoms with Gasteiger partial charge in [0.05, 0.1) is 25.8 Å². The standard InChI is InChI=1S/C25H27F2N3O5/c26-19-4-5-22(27)21(14-19)18-13-23(17-2-1-3-20(31)12-17)30(16-18)24(32)15-28-6-9-35-25(33)29-7-10-34-11-8-29/h1-5,12-14,23,28,31H,6-11,15-16H2. The Morgan fingerprint density at radius 1 is 1.14 bits per heavy atom. The van der Waals surface area contributed by atoms with Crippen molar-refractivity contribution in [2.45, 2.75) is 6.04 Å². The average Bonchev–Trinajstić information content (AvgIpc) is 3.31. The first-order valence-corrected chi connectivity index (χ1v) is 11.4. The summed E-state index contributed by atoms with van der Waals surface area (Å²) in [5, 5.41) is 12.9. The van der Waals surface area contributed by atoms with E-state index in [1.165, 1.54) is 17.0 Å². The Kier molecular flexibility index (Phi) is 7.94. The molecule has 2 aliphatic heterocycles. The molecule has 35 heavy (non-hydrogen) atoms. The third kappa shape index (κ3) is 6.14. The number of ether oxygens (including phenoxy) is 2. The molecule has 0 aliphatic carbocycles. The van der Waals surface area contributed by atoms with Gasteiger partial charge in [-0.25, -0.2) is 13.6 Å². The van der Waals surface area contributed by atoms with Crippen LogP contribution in [0.5, 0.6) is 5.75 Å². The summed E-state index contributed by atoms with van der Waals surface area (Å²) in [7, 11) is 0. The molecule has 4 rings (SSSR count). The van der Waals surface area contributed by atoms with Gasteiger partial charge in [-0.1, -0.05) is 18.2 Å². The number of amides is 2. The zero-order chi connectivity index (χ0) is 24.8. The van der Waals surface area contributed by atoms with Crippen LogP contribution in [0.2, 0.25) is 0 Å². The molecule has 2 aromatic carbocycles. The van der Waals surface area contributed by atoms with E-state index in [1.54, 1.807) is 23.1 Å². The molecule has 0 spiro atoms. The summed E-state index contributed by atoms with van der Waals surface area (Å²) in [5.41, 5.74) is 1.21. The summed E-state index contributed by atoms with van der Waals surface area (Å²) in [5.74, 6) is -1.40. The van der Waals surface area contributed by atoms with E-state index in [4.69, 9.17) is 9.47 Å². The number of carbonyl (C=O) groups excluding carboxylic acids is 2. The van der Waals surface area contributed by atoms with Crippen LogP contribution in [0, 0.1) is 11.6 Å². The zero-order valence-electron chi connectivity index (χ0n) is 19.1. The maximum atomic E-state index is 14.4. The van der Waals surface area contributed by atoms with Gasteiger partial charge in [0.1, 0.15) is 24.0 Å². The van der Waals surface area contributed by atoms with Gasteiger partial charge in [-0.3, -0.25) is 4.79 Å². The Hall–Kier alpha value is -3.50. The molecule has 186 valence electrons. The molecule has 8 nitrogen and oxygen atoms in total. The highest BCUT2D eigenvalue weighted by molar-refractivity contribution is 5.84. The van der Waals surface area contributed by atoms with Crippen molar-refractivity contribution in [1.29, 1.82) is 0 Å². The van der Waals surface area contributed by atoms with Crippen LogP contribution in [-0.4, -0.2) is 79.5 Å². The van der Waals surface area contributed by atoms with Gasteiger partial charge in [0.2, 0.25) is 5.91 Å². The number of halogens is 2. The van der Waals surface area contributed by atoms with Gasteiger partial charge in [0.25, 0.3) is 0 Å². The predicted molar refractivity (Wildman–Crippen MR) is 124 cm³/mol. The number of rotatable bonds is 7. The minimum Gasteiger partial charge on any atom is -0.508 e. The fraction of sp³-hybridized carbons (Fsp3) is 0.360. The second-order valence-corrected chi connectivity index (χ2v) is 8.27. The number of hydrogen-bond donors (Lipinski definition) is 2. The molecule has 0 radical (unpaired) electrons. The number of phenols is 1. The lowest BCUT2D eigenvalue weighted by Crippen LogP contribution is -2.42. The fourth-order valence-corrected chi connectivity index (χ4v) is 4.11. The zero-order valence-corrected chi connectivity index (χ0v) is 19.1. The maximum absolute atomic E-state index is 14.4. The minimum absolute atomic E-state index is 0.0360. The Labute approximate surface area is 201 Å². The number of morpholine rings is 1. The van der Waals surface area contributed by atoms with Crippen molar-refractivity contribution in [2.24, 2.45) is 0 Å². The largest absolute Gasteiger partial charge is 0.508 e. The highest BCUT2D eigenvalue weighted by Crippen LogP contribution is 2.36. The van der Waals surface area contributed by atoms with E-state index < -0.39 is 23.8 Å². The molecular formula is C25H27F2N3O5. The number of phenolic OH excluding ortho intramolecular Hbond substituents is 1. The van der Waals surface area contributed by atoms with Crippen molar-refractivity contribution in [3.05, 3.63) is 71.3 Å². The van der Waals surface area contributed by atoms with Crippen LogP contribution in [0.15, 0.2) is 48.5 Å². The Morgan fingerprint density at radius 2 is 1.94 bits per heavy atom. The highest BCUT2D eigenvalue weighted by atomic mass is 19.1. The molecule has 0 aromatic heterocycles. The topological polar surface area (TPSA) is 91.3 Å². The van der Waals surface area contributed by atoms with E-state index in [0.29, 0.717) is 37.4 Å². The second-order valence-electron chi connectivity index (χ2n) is 8.27. The molecule has 2 aromatic rings. The molecule has 1 unspecified atom stereocenters. The van der Waals surface area contributed by atoms with Gasteiger partial charge >= 0.3 is 6.09 Å². The van der Waals surface area contributed by atoms with Crippen molar-refractivity contribution >= 4 is 17.6 Å². The van der Waals surface area contributed by atoms with Gasteiger partial charge in [-0.15, -0.1) is 0 Å². The maximum Gasteiger partial charge on any atom is 0.409 e. The lowest BCUT2D eigenvalue weighted by molar-refractivity contribution is -0.130. The predicted octanol–water partition coefficient (Wildman–Crippen LogP) is 2.70. The van der Waals surface area contributed by atoms with Crippen LogP contribution in [0.3, 0.4) is 0 Å². The number of nitrogens with zero attached hydrogens (tertiary/aromatic N) is 2. The van der Waals surface area contributed by atoms with E-state index in [9.17, 15) is 23.5 Å². The van der Waals surface area contributed by atoms with Crippen molar-refractivity contribution in [3.8, 4) is 5.75 Å². The van der Waals surface area contributed by atoms with E-state index in [2.05, 4.69) is 5.32 Å². The molecule has 1 atom stereocenters. The fourth-order valence-electron chi connectivity index (χ4n) is 4.11. The van der Waals surface area contributed by atoms with E-state index in [-0.39, 0.29) is 43.5 Å². The molecule has 0 bridgehead atoms. The summed E-state index contributed by atoms with van der Waals surface area (Å²) < 4.78 is 38.6. The summed E-state index contributed by atoms with van der Waals surface area (Å²) in [6.45, 7) is 2.32. The van der Waals surface area contributed by atoms with Gasteiger partial charge in [0.15, 0.2) is 0 Å². The minimum atomic E-state index is -0.582. The number of aromatic hydroxyl groups is 1. The quantitative estimate of drug-likeness (QED) is 0.584. The Balaban J connectivity index is 1.38. The third-order valence-electron chi connectivity index (χ3n) is 5.89. The molecule has 2 aliphatic rings. The molecule has 1 saturated heterocycles. The SMILES string of the molecule is O=C(OCCNCC(=O)N1CC(c2cc(F)ccc2F)=CC1c1cccc(O)c1)N1CCOCC1. The van der Waals surface area contributed by atoms with Crippen molar-refractivity contribution < 1.29 is 33.0 Å². The van der Waals surface area contributed by atoms with E-state index >= 15 is 0 Å². The van der Waals surface area contributed by atoms with Crippen LogP contribution in [-0.2, 0) is 14.3 Å². The first-order valence-electron chi connectivity index (χ1n) is 11.4. The molecule has 2 N–H and O–H groups in total. The molecule has 1 fully saturated rings. The van der Waals surface area contributed by atoms with Gasteiger partial charge in [-0.2, -0.15) is 0 Å². The summed E-state index contributed by atoms with van der Waals surface area (Å²) in [6.07, 6.45) is 1.28. The van der Waals surface area contributed by atoms with Crippen LogP contribution in [0.1, 0.15) is 17.2 Å². The van der Waals surface area contributed by atoms with Crippen molar-refractivity contribution in [1.82, 2.24) is 15.1 Å². The van der Waals surface area contributed by atoms with Crippen LogP contribution in [0.25, 0.3) is 5.57 Å². The second kappa shape index (κ2) is 11.3. The molecule has 2 heterocycles. The molecule has 2 amide bonds. The third-order valence-corrected chi connectivity index (χ3v) is 5.89. The van der Waals surface area contributed by atoms with E-state index in [0.717, 1.165) is 18.2 Å². The summed E-state index contributed by atoms with van der Waals surface area (Å²) in [4.78, 5) is 28.2. The number of nitrogens with one attached hydrogen (secondary N) is 1. The van der Waals surface area contributed by atoms with Crippen molar-refractivity contribution in [2.75, 3.05) is 52.5 Å². The summed E-state index contributed by atoms with van der Waals surface area (Å²) in [6, 6.07) is 9.10. The monoisotopic (exact) mass is 487 g/mol. The lowest BCUT2D eigenvalue weighted by atomic mass is 10.0. The highest BCUT2D eigenvalue weighted by Gasteiger charge is 2.31. The first-order chi connectivity index (χ1) is 16.9. The normalized spacial score (nSPS) is 17.9. The first kappa shape index (κ1) is 24.6. The smallest absolute Gasteiger partial charge is 0.409 e.